The van der Waals surface area contributed by atoms with Crippen LogP contribution in [0.4, 0.5) is 0 Å². The molecule has 0 aromatic carbocycles. The van der Waals surface area contributed by atoms with Gasteiger partial charge in [-0.15, -0.1) is 0 Å². The van der Waals surface area contributed by atoms with E-state index in [1.165, 1.54) is 0 Å². The standard InChI is InChI=1S/C3H5O2Si2/c1-2-3(4)5-7-6/h2H2,1H3. The van der Waals surface area contributed by atoms with E-state index in [0.717, 1.165) is 0 Å². The van der Waals surface area contributed by atoms with Crippen LogP contribution < -0.4 is 0 Å². The second-order valence-electron chi connectivity index (χ2n) is 0.930. The zero-order valence-corrected chi connectivity index (χ0v) is 6.02. The van der Waals surface area contributed by atoms with Crippen LogP contribution in [-0.2, 0) is 9.22 Å². The van der Waals surface area contributed by atoms with Gasteiger partial charge in [0, 0.05) is 6.42 Å². The first kappa shape index (κ1) is 6.90. The largest absolute Gasteiger partial charge is 0.521 e. The van der Waals surface area contributed by atoms with Crippen molar-refractivity contribution in [3.8, 4) is 0 Å². The van der Waals surface area contributed by atoms with Crippen molar-refractivity contribution in [3.05, 3.63) is 0 Å². The average Bonchev–Trinajstić information content (AvgIpc) is 1.68. The Balaban J connectivity index is 3.00. The summed E-state index contributed by atoms with van der Waals surface area (Å²) in [6.45, 7) is 1.76. The summed E-state index contributed by atoms with van der Waals surface area (Å²) in [5.74, 6) is -0.159. The van der Waals surface area contributed by atoms with Gasteiger partial charge in [0.15, 0.2) is 0 Å². The summed E-state index contributed by atoms with van der Waals surface area (Å²) in [6, 6.07) is 0. The Labute approximate surface area is 48.4 Å². The van der Waals surface area contributed by atoms with E-state index in [9.17, 15) is 4.79 Å². The van der Waals surface area contributed by atoms with Crippen LogP contribution in [-0.4, -0.2) is 25.0 Å². The van der Waals surface area contributed by atoms with E-state index in [1.807, 2.05) is 0 Å². The molecule has 0 fully saturated rings. The topological polar surface area (TPSA) is 26.3 Å². The molecule has 4 heteroatoms. The Morgan fingerprint density at radius 2 is 2.57 bits per heavy atom. The van der Waals surface area contributed by atoms with Gasteiger partial charge in [-0.3, -0.25) is 4.79 Å². The fraction of sp³-hybridized carbons (Fsp3) is 0.667. The Kier molecular flexibility index (Phi) is 4.02. The summed E-state index contributed by atoms with van der Waals surface area (Å²) in [7, 11) is 3.12. The lowest BCUT2D eigenvalue weighted by Gasteiger charge is -1.93. The second kappa shape index (κ2) is 4.07. The minimum Gasteiger partial charge on any atom is -0.521 e. The highest BCUT2D eigenvalue weighted by Crippen LogP contribution is 1.77. The highest BCUT2D eigenvalue weighted by Gasteiger charge is 1.92. The van der Waals surface area contributed by atoms with Gasteiger partial charge >= 0.3 is 0 Å². The summed E-state index contributed by atoms with van der Waals surface area (Å²) in [5, 5.41) is 0. The first-order valence-electron chi connectivity index (χ1n) is 1.92. The minimum atomic E-state index is -0.159. The third kappa shape index (κ3) is 3.74. The molecule has 0 aliphatic carbocycles. The smallest absolute Gasteiger partial charge is 0.291 e. The molecule has 0 aromatic heterocycles. The Hall–Kier alpha value is -0.0962. The first-order valence-corrected chi connectivity index (χ1v) is 4.33. The highest BCUT2D eigenvalue weighted by atomic mass is 29.1. The van der Waals surface area contributed by atoms with Gasteiger partial charge in [-0.05, 0) is 0 Å². The summed E-state index contributed by atoms with van der Waals surface area (Å²) in [4.78, 5) is 10.2. The van der Waals surface area contributed by atoms with Crippen molar-refractivity contribution in [2.75, 3.05) is 0 Å². The Bertz CT molecular complexity index is 64.0. The van der Waals surface area contributed by atoms with Crippen LogP contribution in [0.1, 0.15) is 13.3 Å². The second-order valence-corrected chi connectivity index (χ2v) is 1.95. The first-order chi connectivity index (χ1) is 3.31. The lowest BCUT2D eigenvalue weighted by Crippen LogP contribution is -2.06. The van der Waals surface area contributed by atoms with Crippen molar-refractivity contribution in [1.82, 2.24) is 0 Å². The molecule has 0 spiro atoms. The molecule has 0 N–H and O–H groups in total. The van der Waals surface area contributed by atoms with E-state index in [0.29, 0.717) is 6.42 Å². The van der Waals surface area contributed by atoms with Gasteiger partial charge in [0.1, 0.15) is 0 Å². The maximum absolute atomic E-state index is 10.2. The zero-order chi connectivity index (χ0) is 5.70. The normalized spacial score (nSPS) is 8.29. The third-order valence-corrected chi connectivity index (χ3v) is 1.09. The average molecular weight is 129 g/mol. The predicted molar refractivity (Wildman–Crippen MR) is 27.9 cm³/mol. The van der Waals surface area contributed by atoms with Crippen LogP contribution in [0.15, 0.2) is 0 Å². The molecular formula is C3H5O2Si2. The molecule has 0 saturated carbocycles. The fourth-order valence-corrected chi connectivity index (χ4v) is 0.729. The maximum atomic E-state index is 10.2. The van der Waals surface area contributed by atoms with Crippen LogP contribution in [0.25, 0.3) is 0 Å². The van der Waals surface area contributed by atoms with E-state index in [-0.39, 0.29) is 15.2 Å². The molecule has 37 valence electrons. The molecule has 0 aliphatic rings. The molecule has 0 atom stereocenters. The highest BCUT2D eigenvalue weighted by molar-refractivity contribution is 6.86. The van der Waals surface area contributed by atoms with E-state index in [2.05, 4.69) is 14.2 Å². The van der Waals surface area contributed by atoms with Crippen molar-refractivity contribution in [2.24, 2.45) is 0 Å². The summed E-state index contributed by atoms with van der Waals surface area (Å²) in [5.41, 5.74) is 0. The monoisotopic (exact) mass is 129 g/mol. The summed E-state index contributed by atoms with van der Waals surface area (Å²) in [6.07, 6.45) is 0.456. The predicted octanol–water partition coefficient (Wildman–Crippen LogP) is -0.358. The number of hydrogen-bond donors (Lipinski definition) is 0. The van der Waals surface area contributed by atoms with Gasteiger partial charge in [0.25, 0.3) is 15.2 Å². The van der Waals surface area contributed by atoms with E-state index >= 15 is 0 Å². The molecule has 0 aliphatic heterocycles. The van der Waals surface area contributed by atoms with Gasteiger partial charge in [-0.25, -0.2) is 0 Å². The van der Waals surface area contributed by atoms with Crippen LogP contribution in [0.5, 0.6) is 0 Å². The number of carbonyl (C=O) groups is 1. The molecule has 0 amide bonds. The molecule has 0 aromatic rings. The number of rotatable bonds is 2. The molecule has 0 saturated heterocycles. The molecule has 0 bridgehead atoms. The molecule has 0 heterocycles. The van der Waals surface area contributed by atoms with Gasteiger partial charge < -0.3 is 4.43 Å². The van der Waals surface area contributed by atoms with Crippen LogP contribution >= 0.6 is 0 Å². The van der Waals surface area contributed by atoms with Crippen LogP contribution in [0.3, 0.4) is 0 Å². The summed E-state index contributed by atoms with van der Waals surface area (Å²) >= 11 is 0. The van der Waals surface area contributed by atoms with E-state index in [1.54, 1.807) is 6.92 Å². The summed E-state index contributed by atoms with van der Waals surface area (Å²) < 4.78 is 4.49. The minimum absolute atomic E-state index is 0.101. The van der Waals surface area contributed by atoms with Crippen LogP contribution in [0.2, 0.25) is 0 Å². The molecule has 7 heavy (non-hydrogen) atoms. The fourth-order valence-electron chi connectivity index (χ4n) is 0.129. The lowest BCUT2D eigenvalue weighted by atomic mass is 10.5. The number of hydrogen-bond acceptors (Lipinski definition) is 2. The van der Waals surface area contributed by atoms with Crippen LogP contribution in [0, 0.1) is 0 Å². The van der Waals surface area contributed by atoms with Crippen molar-refractivity contribution in [2.45, 2.75) is 13.3 Å². The van der Waals surface area contributed by atoms with Crippen molar-refractivity contribution < 1.29 is 9.22 Å². The molecular weight excluding hydrogens is 124 g/mol. The van der Waals surface area contributed by atoms with Gasteiger partial charge in [-0.1, -0.05) is 6.92 Å². The van der Waals surface area contributed by atoms with Gasteiger partial charge in [0.05, 0.1) is 9.76 Å². The number of carbonyl (C=O) groups excluding carboxylic acids is 1. The molecule has 5 radical (unpaired) electrons. The van der Waals surface area contributed by atoms with Crippen molar-refractivity contribution in [1.29, 1.82) is 0 Å². The van der Waals surface area contributed by atoms with E-state index in [4.69, 9.17) is 0 Å². The molecule has 0 unspecified atom stereocenters. The molecule has 0 rings (SSSR count). The van der Waals surface area contributed by atoms with Gasteiger partial charge in [0.2, 0.25) is 0 Å². The quantitative estimate of drug-likeness (QED) is 0.476. The third-order valence-electron chi connectivity index (χ3n) is 0.454. The lowest BCUT2D eigenvalue weighted by molar-refractivity contribution is -0.133. The van der Waals surface area contributed by atoms with Crippen molar-refractivity contribution >= 4 is 25.0 Å². The van der Waals surface area contributed by atoms with Crippen molar-refractivity contribution in [3.63, 3.8) is 0 Å². The molecule has 2 nitrogen and oxygen atoms in total. The SMILES string of the molecule is CCC(=O)O[Si][Si]. The van der Waals surface area contributed by atoms with Gasteiger partial charge in [-0.2, -0.15) is 0 Å². The zero-order valence-electron chi connectivity index (χ0n) is 4.02. The Morgan fingerprint density at radius 3 is 2.71 bits per heavy atom. The maximum Gasteiger partial charge on any atom is 0.291 e. The van der Waals surface area contributed by atoms with E-state index < -0.39 is 0 Å². The Morgan fingerprint density at radius 1 is 2.00 bits per heavy atom.